The van der Waals surface area contributed by atoms with Crippen LogP contribution in [0.4, 0.5) is 22.7 Å². The molecule has 0 fully saturated rings. The summed E-state index contributed by atoms with van der Waals surface area (Å²) in [6, 6.07) is 69.6. The molecule has 0 bridgehead atoms. The van der Waals surface area contributed by atoms with E-state index in [1.165, 1.54) is 106 Å². The van der Waals surface area contributed by atoms with E-state index in [1.807, 2.05) is 46.7 Å². The lowest BCUT2D eigenvalue weighted by atomic mass is 9.99. The first-order chi connectivity index (χ1) is 37.5. The fourth-order valence-electron chi connectivity index (χ4n) is 10.9. The van der Waals surface area contributed by atoms with Crippen molar-refractivity contribution in [2.45, 2.75) is 92.2 Å². The predicted octanol–water partition coefficient (Wildman–Crippen LogP) is 19.7. The summed E-state index contributed by atoms with van der Waals surface area (Å²) in [6.07, 6.45) is 22.0. The van der Waals surface area contributed by atoms with Crippen LogP contribution in [0, 0.1) is 11.8 Å². The number of hydrazone groups is 2. The summed E-state index contributed by atoms with van der Waals surface area (Å²) in [5.74, 6) is 1.23. The van der Waals surface area contributed by atoms with Crippen LogP contribution < -0.4 is 10.0 Å². The second-order valence-electron chi connectivity index (χ2n) is 20.3. The monoisotopic (exact) mass is 997 g/mol. The Balaban J connectivity index is 1.02. The highest BCUT2D eigenvalue weighted by Crippen LogP contribution is 2.39. The molecule has 382 valence electrons. The summed E-state index contributed by atoms with van der Waals surface area (Å²) >= 11 is 0. The van der Waals surface area contributed by atoms with Gasteiger partial charge in [0.1, 0.15) is 0 Å². The number of unbranched alkanes of at least 4 members (excludes halogenated alkanes) is 2. The average Bonchev–Trinajstić information content (AvgIpc) is 3.97. The number of anilines is 4. The van der Waals surface area contributed by atoms with E-state index >= 15 is 0 Å². The molecule has 0 aliphatic heterocycles. The first-order valence-electron chi connectivity index (χ1n) is 27.9. The molecule has 0 spiro atoms. The highest BCUT2D eigenvalue weighted by molar-refractivity contribution is 6.12. The van der Waals surface area contributed by atoms with Crippen LogP contribution in [0.1, 0.15) is 90.2 Å². The molecule has 76 heavy (non-hydrogen) atoms. The molecule has 2 aromatic heterocycles. The van der Waals surface area contributed by atoms with E-state index in [1.54, 1.807) is 0 Å². The van der Waals surface area contributed by atoms with Crippen LogP contribution in [-0.2, 0) is 13.1 Å². The molecule has 0 aliphatic rings. The molecule has 0 N–H and O–H groups in total. The molecule has 10 aromatic rings. The largest absolute Gasteiger partial charge is 0.340 e. The van der Waals surface area contributed by atoms with Crippen molar-refractivity contribution in [3.63, 3.8) is 0 Å². The number of aromatic nitrogens is 2. The molecule has 0 amide bonds. The summed E-state index contributed by atoms with van der Waals surface area (Å²) in [5, 5.41) is 19.0. The van der Waals surface area contributed by atoms with Gasteiger partial charge in [-0.3, -0.25) is 0 Å². The SMILES string of the molecule is CCCCC(CC)Cn1c2ccc(/C=C/C=N/N(c3ccccc3)c3ccccc3)cc2c2cc(-c3ccc4c(c3)c3cc(/C=C/C=N/N(c5ccccc5)c5ccccc5)ccc3n4CC(CC)CCCC)ccc21. The van der Waals surface area contributed by atoms with Gasteiger partial charge in [-0.2, -0.15) is 10.2 Å². The Labute approximate surface area is 450 Å². The van der Waals surface area contributed by atoms with Crippen molar-refractivity contribution >= 4 is 90.9 Å². The van der Waals surface area contributed by atoms with E-state index in [0.717, 1.165) is 47.0 Å². The minimum atomic E-state index is 0.616. The quantitative estimate of drug-likeness (QED) is 0.0473. The van der Waals surface area contributed by atoms with E-state index in [4.69, 9.17) is 10.2 Å². The van der Waals surface area contributed by atoms with Gasteiger partial charge >= 0.3 is 0 Å². The van der Waals surface area contributed by atoms with Crippen LogP contribution in [-0.4, -0.2) is 21.6 Å². The summed E-state index contributed by atoms with van der Waals surface area (Å²) in [6.45, 7) is 11.3. The van der Waals surface area contributed by atoms with Gasteiger partial charge in [0.15, 0.2) is 0 Å². The number of allylic oxidation sites excluding steroid dienone is 2. The van der Waals surface area contributed by atoms with Gasteiger partial charge in [-0.15, -0.1) is 0 Å². The van der Waals surface area contributed by atoms with E-state index < -0.39 is 0 Å². The molecule has 2 atom stereocenters. The second kappa shape index (κ2) is 24.9. The van der Waals surface area contributed by atoms with Crippen LogP contribution in [0.3, 0.4) is 0 Å². The molecule has 2 heterocycles. The standard InChI is InChI=1S/C70H72N6/c1-5-9-25-53(7-3)51-73-67-41-37-55(27-23-45-71-75(59-29-15-11-16-30-59)60-31-17-12-18-32-60)47-63(67)65-49-57(39-43-69(65)73)58-40-44-70-66(50-58)64-48-56(38-42-68(64)74(70)52-54(8-4)26-10-6-2)28-24-46-72-76(61-33-19-13-20-34-61)62-35-21-14-22-36-62/h11-24,27-50,53-54H,5-10,25-26,51-52H2,1-4H3/b27-23+,28-24+,71-45+,72-46+. The molecule has 10 rings (SSSR count). The molecule has 6 heteroatoms. The zero-order chi connectivity index (χ0) is 52.1. The number of benzene rings is 8. The zero-order valence-corrected chi connectivity index (χ0v) is 44.8. The Morgan fingerprint density at radius 3 is 1.05 bits per heavy atom. The maximum Gasteiger partial charge on any atom is 0.0652 e. The third-order valence-corrected chi connectivity index (χ3v) is 15.2. The van der Waals surface area contributed by atoms with Gasteiger partial charge in [-0.1, -0.05) is 175 Å². The minimum absolute atomic E-state index is 0.616. The van der Waals surface area contributed by atoms with Gasteiger partial charge in [0.05, 0.1) is 22.7 Å². The molecule has 0 radical (unpaired) electrons. The summed E-state index contributed by atoms with van der Waals surface area (Å²) in [5.41, 5.74) is 14.0. The number of rotatable bonds is 23. The zero-order valence-electron chi connectivity index (χ0n) is 44.8. The number of fused-ring (bicyclic) bond motifs is 6. The highest BCUT2D eigenvalue weighted by atomic mass is 15.5. The summed E-state index contributed by atoms with van der Waals surface area (Å²) < 4.78 is 5.20. The van der Waals surface area contributed by atoms with Crippen LogP contribution in [0.2, 0.25) is 0 Å². The Kier molecular flexibility index (Phi) is 16.8. The van der Waals surface area contributed by atoms with Gasteiger partial charge in [0.2, 0.25) is 0 Å². The Hall–Kier alpha value is -8.22. The van der Waals surface area contributed by atoms with Crippen LogP contribution in [0.15, 0.2) is 216 Å². The highest BCUT2D eigenvalue weighted by Gasteiger charge is 2.19. The van der Waals surface area contributed by atoms with E-state index in [9.17, 15) is 0 Å². The fraction of sp³-hybridized carbons (Fsp3) is 0.229. The lowest BCUT2D eigenvalue weighted by Gasteiger charge is -2.18. The van der Waals surface area contributed by atoms with Crippen LogP contribution >= 0.6 is 0 Å². The van der Waals surface area contributed by atoms with Crippen molar-refractivity contribution in [3.05, 3.63) is 217 Å². The van der Waals surface area contributed by atoms with E-state index in [-0.39, 0.29) is 0 Å². The van der Waals surface area contributed by atoms with Crippen molar-refractivity contribution in [1.82, 2.24) is 9.13 Å². The minimum Gasteiger partial charge on any atom is -0.340 e. The van der Waals surface area contributed by atoms with Crippen molar-refractivity contribution in [2.24, 2.45) is 22.0 Å². The molecule has 0 aliphatic carbocycles. The third kappa shape index (κ3) is 11.7. The average molecular weight is 997 g/mol. The predicted molar refractivity (Wildman–Crippen MR) is 330 cm³/mol. The second-order valence-corrected chi connectivity index (χ2v) is 20.3. The van der Waals surface area contributed by atoms with Crippen molar-refractivity contribution in [2.75, 3.05) is 10.0 Å². The Morgan fingerprint density at radius 2 is 0.724 bits per heavy atom. The molecular formula is C70H72N6. The Morgan fingerprint density at radius 1 is 0.395 bits per heavy atom. The molecule has 0 saturated heterocycles. The maximum absolute atomic E-state index is 4.93. The molecule has 8 aromatic carbocycles. The molecular weight excluding hydrogens is 925 g/mol. The number of hydrogen-bond acceptors (Lipinski definition) is 4. The van der Waals surface area contributed by atoms with Gasteiger partial charge < -0.3 is 9.13 Å². The lowest BCUT2D eigenvalue weighted by molar-refractivity contribution is 0.401. The lowest BCUT2D eigenvalue weighted by Crippen LogP contribution is -2.10. The topological polar surface area (TPSA) is 41.1 Å². The van der Waals surface area contributed by atoms with Crippen LogP contribution in [0.25, 0.3) is 66.9 Å². The number of hydrogen-bond donors (Lipinski definition) is 0. The number of nitrogens with zero attached hydrogens (tertiary/aromatic N) is 6. The van der Waals surface area contributed by atoms with Gasteiger partial charge in [0, 0.05) is 69.1 Å². The summed E-state index contributed by atoms with van der Waals surface area (Å²) in [4.78, 5) is 0. The van der Waals surface area contributed by atoms with Gasteiger partial charge in [-0.25, -0.2) is 10.0 Å². The summed E-state index contributed by atoms with van der Waals surface area (Å²) in [7, 11) is 0. The first kappa shape index (κ1) is 51.3. The Bertz CT molecular complexity index is 3280. The molecule has 0 saturated carbocycles. The van der Waals surface area contributed by atoms with Gasteiger partial charge in [-0.05, 0) is 156 Å². The van der Waals surface area contributed by atoms with Crippen molar-refractivity contribution < 1.29 is 0 Å². The molecule has 6 nitrogen and oxygen atoms in total. The normalized spacial score (nSPS) is 12.9. The van der Waals surface area contributed by atoms with E-state index in [0.29, 0.717) is 11.8 Å². The van der Waals surface area contributed by atoms with Gasteiger partial charge in [0.25, 0.3) is 0 Å². The van der Waals surface area contributed by atoms with Crippen LogP contribution in [0.5, 0.6) is 0 Å². The maximum atomic E-state index is 4.93. The number of para-hydroxylation sites is 4. The fourth-order valence-corrected chi connectivity index (χ4v) is 10.9. The molecule has 2 unspecified atom stereocenters. The van der Waals surface area contributed by atoms with Crippen molar-refractivity contribution in [1.29, 1.82) is 0 Å². The first-order valence-corrected chi connectivity index (χ1v) is 27.9. The third-order valence-electron chi connectivity index (χ3n) is 15.2. The van der Waals surface area contributed by atoms with Crippen molar-refractivity contribution in [3.8, 4) is 11.1 Å². The van der Waals surface area contributed by atoms with E-state index in [2.05, 4.69) is 231 Å². The smallest absolute Gasteiger partial charge is 0.0652 e.